The van der Waals surface area contributed by atoms with Crippen molar-refractivity contribution in [3.05, 3.63) is 68.9 Å². The van der Waals surface area contributed by atoms with Crippen LogP contribution in [0.4, 0.5) is 11.4 Å². The monoisotopic (exact) mass is 362 g/mol. The number of benzene rings is 2. The van der Waals surface area contributed by atoms with Gasteiger partial charge in [0.1, 0.15) is 5.69 Å². The van der Waals surface area contributed by atoms with Crippen LogP contribution < -0.4 is 0 Å². The van der Waals surface area contributed by atoms with E-state index in [1.165, 1.54) is 12.1 Å². The van der Waals surface area contributed by atoms with Crippen molar-refractivity contribution in [1.82, 2.24) is 0 Å². The third-order valence-electron chi connectivity index (χ3n) is 3.45. The number of carbonyl (C=O) groups is 1. The Morgan fingerprint density at radius 2 is 1.88 bits per heavy atom. The maximum atomic E-state index is 12.4. The van der Waals surface area contributed by atoms with Gasteiger partial charge in [-0.1, -0.05) is 29.3 Å². The average Bonchev–Trinajstić information content (AvgIpc) is 2.63. The minimum Gasteiger partial charge on any atom is -0.594 e. The summed E-state index contributed by atoms with van der Waals surface area (Å²) in [6, 6.07) is 9.77. The van der Waals surface area contributed by atoms with E-state index in [2.05, 4.69) is 5.11 Å². The number of hydrogen-bond donors (Lipinski definition) is 0. The van der Waals surface area contributed by atoms with Crippen LogP contribution in [0.2, 0.25) is 10.0 Å². The molecule has 0 fully saturated rings. The highest BCUT2D eigenvalue weighted by molar-refractivity contribution is 6.31. The van der Waals surface area contributed by atoms with Crippen LogP contribution >= 0.6 is 23.2 Å². The summed E-state index contributed by atoms with van der Waals surface area (Å²) in [6.07, 6.45) is 1.34. The Bertz CT molecular complexity index is 891. The highest BCUT2D eigenvalue weighted by atomic mass is 35.5. The second kappa shape index (κ2) is 6.63. The second-order valence-corrected chi connectivity index (χ2v) is 5.88. The standard InChI is InChI=1S/C17H12Cl2N2O3/c1-2-24-17(22)9-14-12-5-3-10(18)7-15(12)20-21(23)16-8-11(19)4-6-13(14)16/h3-9H,2H2,1H3/b14-9-. The lowest BCUT2D eigenvalue weighted by atomic mass is 9.95. The zero-order valence-electron chi connectivity index (χ0n) is 12.6. The van der Waals surface area contributed by atoms with Crippen LogP contribution in [0, 0.1) is 5.21 Å². The molecule has 0 atom stereocenters. The molecule has 122 valence electrons. The van der Waals surface area contributed by atoms with Gasteiger partial charge in [0.15, 0.2) is 0 Å². The molecule has 0 saturated heterocycles. The van der Waals surface area contributed by atoms with E-state index in [0.29, 0.717) is 37.3 Å². The average molecular weight is 363 g/mol. The Labute approximate surface area is 148 Å². The highest BCUT2D eigenvalue weighted by Gasteiger charge is 2.25. The molecule has 0 unspecified atom stereocenters. The number of hydrogen-bond acceptors (Lipinski definition) is 4. The topological polar surface area (TPSA) is 64.7 Å². The van der Waals surface area contributed by atoms with E-state index in [1.54, 1.807) is 37.3 Å². The maximum absolute atomic E-state index is 12.4. The molecule has 0 bridgehead atoms. The zero-order chi connectivity index (χ0) is 17.3. The van der Waals surface area contributed by atoms with Crippen molar-refractivity contribution in [3.63, 3.8) is 0 Å². The first-order valence-corrected chi connectivity index (χ1v) is 7.92. The molecule has 1 aliphatic rings. The van der Waals surface area contributed by atoms with Crippen LogP contribution in [0.15, 0.2) is 47.6 Å². The van der Waals surface area contributed by atoms with Crippen LogP contribution in [0.5, 0.6) is 0 Å². The number of carbonyl (C=O) groups excluding carboxylic acids is 1. The summed E-state index contributed by atoms with van der Waals surface area (Å²) in [6.45, 7) is 1.97. The first-order valence-electron chi connectivity index (χ1n) is 7.17. The summed E-state index contributed by atoms with van der Waals surface area (Å²) in [7, 11) is 0. The molecular weight excluding hydrogens is 351 g/mol. The maximum Gasteiger partial charge on any atom is 0.331 e. The van der Waals surface area contributed by atoms with Crippen LogP contribution in [0.1, 0.15) is 18.1 Å². The molecule has 5 nitrogen and oxygen atoms in total. The lowest BCUT2D eigenvalue weighted by Gasteiger charge is -2.09. The minimum absolute atomic E-state index is 0.241. The van der Waals surface area contributed by atoms with Crippen LogP contribution in [-0.2, 0) is 9.53 Å². The third-order valence-corrected chi connectivity index (χ3v) is 3.92. The van der Waals surface area contributed by atoms with Gasteiger partial charge < -0.3 is 9.94 Å². The molecule has 3 rings (SSSR count). The van der Waals surface area contributed by atoms with Crippen molar-refractivity contribution >= 4 is 46.1 Å². The van der Waals surface area contributed by atoms with E-state index in [9.17, 15) is 10.0 Å². The van der Waals surface area contributed by atoms with Crippen molar-refractivity contribution in [2.45, 2.75) is 6.92 Å². The van der Waals surface area contributed by atoms with Gasteiger partial charge in [-0.05, 0) is 36.0 Å². The van der Waals surface area contributed by atoms with Gasteiger partial charge >= 0.3 is 5.97 Å². The van der Waals surface area contributed by atoms with Gasteiger partial charge in [-0.25, -0.2) is 4.79 Å². The largest absolute Gasteiger partial charge is 0.594 e. The zero-order valence-corrected chi connectivity index (χ0v) is 14.1. The Hall–Kier alpha value is -2.37. The first-order chi connectivity index (χ1) is 11.5. The van der Waals surface area contributed by atoms with Crippen molar-refractivity contribution in [2.75, 3.05) is 6.61 Å². The fraction of sp³-hybridized carbons (Fsp3) is 0.118. The van der Waals surface area contributed by atoms with Gasteiger partial charge in [-0.15, -0.1) is 0 Å². The molecular formula is C17H12Cl2N2O3. The second-order valence-electron chi connectivity index (χ2n) is 5.01. The Kier molecular flexibility index (Phi) is 4.55. The van der Waals surface area contributed by atoms with Crippen molar-refractivity contribution < 1.29 is 14.4 Å². The summed E-state index contributed by atoms with van der Waals surface area (Å²) < 4.78 is 5.00. The lowest BCUT2D eigenvalue weighted by Crippen LogP contribution is -2.02. The number of nitrogens with zero attached hydrogens (tertiary/aromatic N) is 2. The fourth-order valence-electron chi connectivity index (χ4n) is 2.46. The highest BCUT2D eigenvalue weighted by Crippen LogP contribution is 2.41. The molecule has 0 aromatic heterocycles. The van der Waals surface area contributed by atoms with E-state index in [0.717, 1.165) is 0 Å². The normalized spacial score (nSPS) is 14.5. The minimum atomic E-state index is -0.506. The molecule has 0 saturated carbocycles. The van der Waals surface area contributed by atoms with Gasteiger partial charge in [-0.2, -0.15) is 0 Å². The quantitative estimate of drug-likeness (QED) is 0.318. The van der Waals surface area contributed by atoms with Gasteiger partial charge in [0.05, 0.1) is 12.2 Å². The number of fused-ring (bicyclic) bond motifs is 2. The Morgan fingerprint density at radius 3 is 2.58 bits per heavy atom. The number of ether oxygens (including phenoxy) is 1. The molecule has 0 radical (unpaired) electrons. The first kappa shape index (κ1) is 16.5. The summed E-state index contributed by atoms with van der Waals surface area (Å²) >= 11 is 12.0. The molecule has 0 aliphatic carbocycles. The van der Waals surface area contributed by atoms with E-state index in [4.69, 9.17) is 27.9 Å². The Morgan fingerprint density at radius 1 is 1.21 bits per heavy atom. The number of azo groups is 1. The van der Waals surface area contributed by atoms with Crippen LogP contribution in [0.25, 0.3) is 5.57 Å². The van der Waals surface area contributed by atoms with Crippen molar-refractivity contribution in [1.29, 1.82) is 0 Å². The summed E-state index contributed by atoms with van der Waals surface area (Å²) in [4.78, 5) is 12.5. The van der Waals surface area contributed by atoms with Gasteiger partial charge in [0.25, 0.3) is 5.69 Å². The molecule has 0 N–H and O–H groups in total. The molecule has 24 heavy (non-hydrogen) atoms. The summed E-state index contributed by atoms with van der Waals surface area (Å²) in [5.41, 5.74) is 2.27. The van der Waals surface area contributed by atoms with Crippen LogP contribution in [0.3, 0.4) is 0 Å². The lowest BCUT2D eigenvalue weighted by molar-refractivity contribution is -0.435. The SMILES string of the molecule is CCOC(=O)/C=C1/c2ccc(Cl)cc2N=[N+]([O-])c2cc(Cl)ccc21. The van der Waals surface area contributed by atoms with E-state index in [-0.39, 0.29) is 12.3 Å². The summed E-state index contributed by atoms with van der Waals surface area (Å²) in [5, 5.41) is 17.3. The summed E-state index contributed by atoms with van der Waals surface area (Å²) in [5.74, 6) is -0.506. The smallest absolute Gasteiger partial charge is 0.331 e. The molecule has 0 amide bonds. The van der Waals surface area contributed by atoms with E-state index >= 15 is 0 Å². The molecule has 1 heterocycles. The Balaban J connectivity index is 2.30. The molecule has 0 spiro atoms. The third kappa shape index (κ3) is 3.13. The molecule has 2 aromatic rings. The van der Waals surface area contributed by atoms with Gasteiger partial charge in [-0.3, -0.25) is 0 Å². The van der Waals surface area contributed by atoms with E-state index < -0.39 is 5.97 Å². The predicted octanol–water partition coefficient (Wildman–Crippen LogP) is 5.23. The van der Waals surface area contributed by atoms with Gasteiger partial charge in [0, 0.05) is 38.4 Å². The van der Waals surface area contributed by atoms with Crippen molar-refractivity contribution in [3.8, 4) is 0 Å². The predicted molar refractivity (Wildman–Crippen MR) is 92.0 cm³/mol. The van der Waals surface area contributed by atoms with Gasteiger partial charge in [0.2, 0.25) is 0 Å². The van der Waals surface area contributed by atoms with Crippen molar-refractivity contribution in [2.24, 2.45) is 5.11 Å². The number of esters is 1. The molecule has 1 aliphatic heterocycles. The number of halogens is 2. The van der Waals surface area contributed by atoms with Crippen LogP contribution in [-0.4, -0.2) is 17.4 Å². The van der Waals surface area contributed by atoms with E-state index in [1.807, 2.05) is 0 Å². The fourth-order valence-corrected chi connectivity index (χ4v) is 2.79. The molecule has 2 aromatic carbocycles. The number of rotatable bonds is 2. The molecule has 7 heteroatoms.